The molecule has 2 aliphatic heterocycles. The Morgan fingerprint density at radius 3 is 2.50 bits per heavy atom. The first-order chi connectivity index (χ1) is 20.2. The largest absolute Gasteiger partial charge is 0.416 e. The van der Waals surface area contributed by atoms with E-state index in [-0.39, 0.29) is 17.5 Å². The number of fused-ring (bicyclic) bond motifs is 1. The fourth-order valence-electron chi connectivity index (χ4n) is 6.01. The Morgan fingerprint density at radius 2 is 1.74 bits per heavy atom. The topological polar surface area (TPSA) is 93.4 Å². The maximum absolute atomic E-state index is 13.8. The van der Waals surface area contributed by atoms with Crippen LogP contribution in [0.5, 0.6) is 0 Å². The summed E-state index contributed by atoms with van der Waals surface area (Å²) in [7, 11) is 0. The van der Waals surface area contributed by atoms with Crippen molar-refractivity contribution in [2.75, 3.05) is 45.9 Å². The van der Waals surface area contributed by atoms with E-state index in [0.29, 0.717) is 57.9 Å². The number of aromatic amines is 2. The van der Waals surface area contributed by atoms with E-state index >= 15 is 0 Å². The van der Waals surface area contributed by atoms with Crippen molar-refractivity contribution >= 4 is 16.8 Å². The molecule has 9 nitrogen and oxygen atoms in total. The number of morpholine rings is 1. The fraction of sp³-hybridized carbons (Fsp3) is 0.433. The number of carbonyl (C=O) groups is 1. The zero-order valence-corrected chi connectivity index (χ0v) is 23.5. The molecule has 2 aliphatic rings. The van der Waals surface area contributed by atoms with Gasteiger partial charge in [-0.25, -0.2) is 0 Å². The summed E-state index contributed by atoms with van der Waals surface area (Å²) in [5, 5.41) is 12.7. The summed E-state index contributed by atoms with van der Waals surface area (Å²) in [6.07, 6.45) is -2.01. The Kier molecular flexibility index (Phi) is 8.02. The van der Waals surface area contributed by atoms with Crippen molar-refractivity contribution in [1.82, 2.24) is 35.1 Å². The first-order valence-corrected chi connectivity index (χ1v) is 14.2. The Balaban J connectivity index is 1.25. The average molecular weight is 582 g/mol. The molecule has 222 valence electrons. The van der Waals surface area contributed by atoms with Gasteiger partial charge >= 0.3 is 6.18 Å². The van der Waals surface area contributed by atoms with Crippen molar-refractivity contribution in [1.29, 1.82) is 0 Å². The Morgan fingerprint density at radius 1 is 1.00 bits per heavy atom. The van der Waals surface area contributed by atoms with Crippen molar-refractivity contribution in [3.8, 4) is 0 Å². The molecule has 0 bridgehead atoms. The van der Waals surface area contributed by atoms with Crippen LogP contribution in [0.2, 0.25) is 0 Å². The molecule has 12 heteroatoms. The highest BCUT2D eigenvalue weighted by Gasteiger charge is 2.35. The van der Waals surface area contributed by atoms with Gasteiger partial charge < -0.3 is 14.6 Å². The molecule has 2 aromatic heterocycles. The van der Waals surface area contributed by atoms with E-state index < -0.39 is 11.7 Å². The lowest BCUT2D eigenvalue weighted by atomic mass is 9.99. The summed E-state index contributed by atoms with van der Waals surface area (Å²) >= 11 is 0. The number of piperazine rings is 1. The monoisotopic (exact) mass is 581 g/mol. The first kappa shape index (κ1) is 28.4. The third-order valence-corrected chi connectivity index (χ3v) is 8.16. The molecule has 0 aliphatic carbocycles. The Hall–Kier alpha value is -3.74. The second kappa shape index (κ2) is 11.9. The maximum atomic E-state index is 13.8. The molecule has 1 atom stereocenters. The van der Waals surface area contributed by atoms with Gasteiger partial charge in [-0.2, -0.15) is 28.6 Å². The van der Waals surface area contributed by atoms with Crippen LogP contribution in [0, 0.1) is 6.92 Å². The molecule has 0 unspecified atom stereocenters. The number of halogens is 3. The lowest BCUT2D eigenvalue weighted by Crippen LogP contribution is -2.55. The van der Waals surface area contributed by atoms with Gasteiger partial charge in [0, 0.05) is 74.5 Å². The number of amides is 1. The summed E-state index contributed by atoms with van der Waals surface area (Å²) in [5.41, 5.74) is 3.47. The summed E-state index contributed by atoms with van der Waals surface area (Å²) in [5.74, 6) is -0.386. The predicted octanol–water partition coefficient (Wildman–Crippen LogP) is 4.01. The van der Waals surface area contributed by atoms with Crippen molar-refractivity contribution in [3.05, 3.63) is 82.3 Å². The number of benzene rings is 2. The molecule has 2 aromatic carbocycles. The third-order valence-electron chi connectivity index (χ3n) is 8.16. The van der Waals surface area contributed by atoms with Crippen LogP contribution in [0.4, 0.5) is 13.2 Å². The second-order valence-electron chi connectivity index (χ2n) is 11.1. The van der Waals surface area contributed by atoms with E-state index in [1.807, 2.05) is 30.5 Å². The number of carbonyl (C=O) groups excluding carboxylic acids is 1. The normalized spacial score (nSPS) is 19.0. The number of alkyl halides is 3. The molecule has 4 aromatic rings. The zero-order chi connectivity index (χ0) is 29.3. The Labute approximate surface area is 241 Å². The molecule has 2 N–H and O–H groups in total. The summed E-state index contributed by atoms with van der Waals surface area (Å²) in [4.78, 5) is 23.4. The molecule has 2 saturated heterocycles. The number of hydrogen-bond donors (Lipinski definition) is 2. The van der Waals surface area contributed by atoms with Gasteiger partial charge in [0.25, 0.3) is 5.91 Å². The first-order valence-electron chi connectivity index (χ1n) is 14.2. The van der Waals surface area contributed by atoms with Crippen molar-refractivity contribution in [3.63, 3.8) is 0 Å². The van der Waals surface area contributed by atoms with Gasteiger partial charge in [-0.3, -0.25) is 14.6 Å². The van der Waals surface area contributed by atoms with Gasteiger partial charge in [0.1, 0.15) is 11.4 Å². The smallest absolute Gasteiger partial charge is 0.379 e. The number of rotatable bonds is 7. The highest BCUT2D eigenvalue weighted by atomic mass is 19.4. The molecule has 42 heavy (non-hydrogen) atoms. The van der Waals surface area contributed by atoms with Crippen molar-refractivity contribution in [2.24, 2.45) is 0 Å². The van der Waals surface area contributed by atoms with Crippen LogP contribution in [0.15, 0.2) is 48.7 Å². The minimum atomic E-state index is -4.53. The van der Waals surface area contributed by atoms with E-state index in [9.17, 15) is 18.0 Å². The van der Waals surface area contributed by atoms with Gasteiger partial charge in [-0.05, 0) is 48.7 Å². The molecule has 2 fully saturated rings. The number of nitrogens with one attached hydrogen (secondary N) is 2. The molecule has 0 saturated carbocycles. The number of para-hydroxylation sites is 1. The summed E-state index contributed by atoms with van der Waals surface area (Å²) in [6.45, 7) is 7.41. The van der Waals surface area contributed by atoms with Crippen LogP contribution >= 0.6 is 0 Å². The summed E-state index contributed by atoms with van der Waals surface area (Å²) < 4.78 is 46.2. The van der Waals surface area contributed by atoms with Gasteiger partial charge in [-0.1, -0.05) is 18.2 Å². The molecule has 4 heterocycles. The van der Waals surface area contributed by atoms with Crippen molar-refractivity contribution in [2.45, 2.75) is 38.7 Å². The van der Waals surface area contributed by atoms with Crippen LogP contribution in [0.1, 0.15) is 38.4 Å². The van der Waals surface area contributed by atoms with Gasteiger partial charge in [0.2, 0.25) is 0 Å². The van der Waals surface area contributed by atoms with Crippen LogP contribution in [0.3, 0.4) is 0 Å². The number of nitrogens with zero attached hydrogens (tertiary/aromatic N) is 5. The lowest BCUT2D eigenvalue weighted by molar-refractivity contribution is -0.137. The maximum Gasteiger partial charge on any atom is 0.416 e. The Bertz CT molecular complexity index is 1540. The SMILES string of the molecule is Cc1cc(C(=O)N2CCN(Cc3n[nH]nc3CN3CCOCC3)C[C@H]2Cc2c[nH]c3ccccc23)cc(C(F)(F)F)c1. The zero-order valence-electron chi connectivity index (χ0n) is 23.5. The lowest BCUT2D eigenvalue weighted by Gasteiger charge is -2.41. The number of ether oxygens (including phenoxy) is 1. The van der Waals surface area contributed by atoms with E-state index in [0.717, 1.165) is 53.1 Å². The standard InChI is InChI=1S/C30H34F3N7O2/c1-20-12-21(14-23(13-20)30(31,32)33)29(41)40-7-6-39(17-24(40)15-22-16-34-26-5-3-2-4-25(22)26)19-28-27(35-37-36-28)18-38-8-10-42-11-9-38/h2-5,12-14,16,24,34H,6-11,15,17-19H2,1H3,(H,35,36,37)/t24-/m1/s1. The van der Waals surface area contributed by atoms with Gasteiger partial charge in [0.15, 0.2) is 0 Å². The number of aryl methyl sites for hydroxylation is 1. The van der Waals surface area contributed by atoms with Gasteiger partial charge in [-0.15, -0.1) is 0 Å². The van der Waals surface area contributed by atoms with Gasteiger partial charge in [0.05, 0.1) is 18.8 Å². The summed E-state index contributed by atoms with van der Waals surface area (Å²) in [6, 6.07) is 11.3. The van der Waals surface area contributed by atoms with Crippen LogP contribution in [-0.2, 0) is 30.4 Å². The number of hydrogen-bond acceptors (Lipinski definition) is 6. The van der Waals surface area contributed by atoms with Crippen LogP contribution < -0.4 is 0 Å². The molecular formula is C30H34F3N7O2. The number of aromatic nitrogens is 4. The van der Waals surface area contributed by atoms with E-state index in [4.69, 9.17) is 4.74 Å². The number of H-pyrrole nitrogens is 2. The molecular weight excluding hydrogens is 547 g/mol. The fourth-order valence-corrected chi connectivity index (χ4v) is 6.01. The minimum Gasteiger partial charge on any atom is -0.379 e. The van der Waals surface area contributed by atoms with E-state index in [1.54, 1.807) is 17.9 Å². The van der Waals surface area contributed by atoms with Crippen LogP contribution in [0.25, 0.3) is 10.9 Å². The van der Waals surface area contributed by atoms with Crippen molar-refractivity contribution < 1.29 is 22.7 Å². The average Bonchev–Trinajstić information content (AvgIpc) is 3.59. The quantitative estimate of drug-likeness (QED) is 0.343. The highest BCUT2D eigenvalue weighted by Crippen LogP contribution is 2.32. The minimum absolute atomic E-state index is 0.0593. The molecule has 6 rings (SSSR count). The van der Waals surface area contributed by atoms with E-state index in [1.165, 1.54) is 0 Å². The highest BCUT2D eigenvalue weighted by molar-refractivity contribution is 5.95. The molecule has 0 radical (unpaired) electrons. The van der Waals surface area contributed by atoms with E-state index in [2.05, 4.69) is 30.2 Å². The molecule has 1 amide bonds. The predicted molar refractivity (Wildman–Crippen MR) is 151 cm³/mol. The third kappa shape index (κ3) is 6.20. The molecule has 0 spiro atoms. The van der Waals surface area contributed by atoms with Crippen LogP contribution in [-0.4, -0.2) is 93.0 Å². The second-order valence-corrected chi connectivity index (χ2v) is 11.1.